The fourth-order valence-electron chi connectivity index (χ4n) is 3.36. The predicted molar refractivity (Wildman–Crippen MR) is 94.6 cm³/mol. The highest BCUT2D eigenvalue weighted by Crippen LogP contribution is 2.18. The van der Waals surface area contributed by atoms with Crippen LogP contribution in [0.15, 0.2) is 22.8 Å². The van der Waals surface area contributed by atoms with Crippen LogP contribution in [0.5, 0.6) is 0 Å². The lowest BCUT2D eigenvalue weighted by atomic mass is 9.97. The minimum Gasteiger partial charge on any atom is -0.354 e. The average molecular weight is 395 g/mol. The van der Waals surface area contributed by atoms with Crippen LogP contribution in [0.2, 0.25) is 0 Å². The molecule has 2 fully saturated rings. The fraction of sp³-hybridized carbons (Fsp3) is 0.588. The van der Waals surface area contributed by atoms with E-state index < -0.39 is 0 Å². The van der Waals surface area contributed by atoms with Crippen molar-refractivity contribution in [1.29, 1.82) is 0 Å². The van der Waals surface area contributed by atoms with Crippen molar-refractivity contribution in [3.05, 3.63) is 28.5 Å². The van der Waals surface area contributed by atoms with Gasteiger partial charge in [-0.15, -0.1) is 0 Å². The Morgan fingerprint density at radius 2 is 2.21 bits per heavy atom. The molecule has 0 bridgehead atoms. The third kappa shape index (κ3) is 4.33. The molecule has 7 heteroatoms. The summed E-state index contributed by atoms with van der Waals surface area (Å²) in [6.45, 7) is 2.98. The molecule has 0 aromatic carbocycles. The van der Waals surface area contributed by atoms with E-state index in [-0.39, 0.29) is 17.9 Å². The SMILES string of the molecule is O=C(NCC1CCCN(C(=O)c2ccc(Br)cn2)C1)C1CCCN1. The number of nitrogens with zero attached hydrogens (tertiary/aromatic N) is 2. The van der Waals surface area contributed by atoms with Gasteiger partial charge in [0.2, 0.25) is 5.91 Å². The molecule has 0 aliphatic carbocycles. The van der Waals surface area contributed by atoms with Gasteiger partial charge in [-0.2, -0.15) is 0 Å². The van der Waals surface area contributed by atoms with E-state index in [1.165, 1.54) is 0 Å². The number of hydrogen-bond acceptors (Lipinski definition) is 4. The molecule has 2 atom stereocenters. The summed E-state index contributed by atoms with van der Waals surface area (Å²) in [6, 6.07) is 3.53. The quantitative estimate of drug-likeness (QED) is 0.812. The summed E-state index contributed by atoms with van der Waals surface area (Å²) >= 11 is 3.33. The molecule has 6 nitrogen and oxygen atoms in total. The maximum atomic E-state index is 12.6. The van der Waals surface area contributed by atoms with Crippen molar-refractivity contribution >= 4 is 27.7 Å². The summed E-state index contributed by atoms with van der Waals surface area (Å²) in [5, 5.41) is 6.25. The fourth-order valence-corrected chi connectivity index (χ4v) is 3.59. The number of halogens is 1. The van der Waals surface area contributed by atoms with Gasteiger partial charge in [-0.25, -0.2) is 4.98 Å². The van der Waals surface area contributed by atoms with Crippen LogP contribution in [0.4, 0.5) is 0 Å². The Morgan fingerprint density at radius 3 is 2.92 bits per heavy atom. The molecular weight excluding hydrogens is 372 g/mol. The lowest BCUT2D eigenvalue weighted by Gasteiger charge is -2.32. The molecule has 2 saturated heterocycles. The maximum absolute atomic E-state index is 12.6. The van der Waals surface area contributed by atoms with Crippen LogP contribution in [0.1, 0.15) is 36.2 Å². The van der Waals surface area contributed by atoms with Crippen LogP contribution in [0.25, 0.3) is 0 Å². The van der Waals surface area contributed by atoms with Gasteiger partial charge in [-0.3, -0.25) is 9.59 Å². The predicted octanol–water partition coefficient (Wildman–Crippen LogP) is 1.56. The van der Waals surface area contributed by atoms with E-state index >= 15 is 0 Å². The Balaban J connectivity index is 1.51. The molecule has 2 unspecified atom stereocenters. The van der Waals surface area contributed by atoms with Gasteiger partial charge in [0.05, 0.1) is 6.04 Å². The highest BCUT2D eigenvalue weighted by molar-refractivity contribution is 9.10. The van der Waals surface area contributed by atoms with Crippen LogP contribution >= 0.6 is 15.9 Å². The van der Waals surface area contributed by atoms with Crippen LogP contribution in [-0.4, -0.2) is 53.9 Å². The second-order valence-electron chi connectivity index (χ2n) is 6.52. The van der Waals surface area contributed by atoms with E-state index in [1.54, 1.807) is 12.3 Å². The molecule has 3 rings (SSSR count). The summed E-state index contributed by atoms with van der Waals surface area (Å²) in [6.07, 6.45) is 5.62. The molecule has 0 saturated carbocycles. The van der Waals surface area contributed by atoms with E-state index in [2.05, 4.69) is 31.5 Å². The first-order chi connectivity index (χ1) is 11.6. The monoisotopic (exact) mass is 394 g/mol. The van der Waals surface area contributed by atoms with E-state index in [0.717, 1.165) is 43.2 Å². The Kier molecular flexibility index (Phi) is 5.84. The standard InChI is InChI=1S/C17H23BrN4O2/c18-13-5-6-15(20-10-13)17(24)22-8-2-3-12(11-22)9-21-16(23)14-4-1-7-19-14/h5-6,10,12,14,19H,1-4,7-9,11H2,(H,21,23). The lowest BCUT2D eigenvalue weighted by Crippen LogP contribution is -2.46. The highest BCUT2D eigenvalue weighted by atomic mass is 79.9. The smallest absolute Gasteiger partial charge is 0.272 e. The van der Waals surface area contributed by atoms with Gasteiger partial charge in [0.1, 0.15) is 5.69 Å². The Morgan fingerprint density at radius 1 is 1.33 bits per heavy atom. The zero-order chi connectivity index (χ0) is 16.9. The number of aromatic nitrogens is 1. The third-order valence-electron chi connectivity index (χ3n) is 4.69. The lowest BCUT2D eigenvalue weighted by molar-refractivity contribution is -0.123. The summed E-state index contributed by atoms with van der Waals surface area (Å²) in [7, 11) is 0. The number of nitrogens with one attached hydrogen (secondary N) is 2. The number of likely N-dealkylation sites (tertiary alicyclic amines) is 1. The third-order valence-corrected chi connectivity index (χ3v) is 5.16. The van der Waals surface area contributed by atoms with Crippen LogP contribution in [0, 0.1) is 5.92 Å². The van der Waals surface area contributed by atoms with E-state index in [1.807, 2.05) is 11.0 Å². The molecule has 130 valence electrons. The minimum absolute atomic E-state index is 0.0315. The van der Waals surface area contributed by atoms with Gasteiger partial charge in [0.15, 0.2) is 0 Å². The van der Waals surface area contributed by atoms with Gasteiger partial charge in [-0.1, -0.05) is 0 Å². The van der Waals surface area contributed by atoms with Crippen molar-refractivity contribution in [2.24, 2.45) is 5.92 Å². The van der Waals surface area contributed by atoms with Crippen molar-refractivity contribution in [1.82, 2.24) is 20.5 Å². The second-order valence-corrected chi connectivity index (χ2v) is 7.43. The molecule has 0 spiro atoms. The van der Waals surface area contributed by atoms with Gasteiger partial charge >= 0.3 is 0 Å². The Labute approximate surface area is 150 Å². The van der Waals surface area contributed by atoms with Crippen LogP contribution in [-0.2, 0) is 4.79 Å². The number of carbonyl (C=O) groups excluding carboxylic acids is 2. The molecule has 1 aromatic heterocycles. The van der Waals surface area contributed by atoms with Gasteiger partial charge in [-0.05, 0) is 66.2 Å². The topological polar surface area (TPSA) is 74.3 Å². The molecule has 2 N–H and O–H groups in total. The Hall–Kier alpha value is -1.47. The molecular formula is C17H23BrN4O2. The largest absolute Gasteiger partial charge is 0.354 e. The molecule has 2 aliphatic heterocycles. The van der Waals surface area contributed by atoms with Gasteiger partial charge < -0.3 is 15.5 Å². The van der Waals surface area contributed by atoms with Crippen molar-refractivity contribution in [2.75, 3.05) is 26.2 Å². The number of carbonyl (C=O) groups is 2. The van der Waals surface area contributed by atoms with Crippen molar-refractivity contribution in [3.8, 4) is 0 Å². The summed E-state index contributed by atoms with van der Waals surface area (Å²) in [4.78, 5) is 30.7. The average Bonchev–Trinajstić information content (AvgIpc) is 3.15. The molecule has 3 heterocycles. The number of hydrogen-bond donors (Lipinski definition) is 2. The van der Waals surface area contributed by atoms with Crippen molar-refractivity contribution in [2.45, 2.75) is 31.7 Å². The van der Waals surface area contributed by atoms with E-state index in [0.29, 0.717) is 24.7 Å². The van der Waals surface area contributed by atoms with E-state index in [9.17, 15) is 9.59 Å². The number of pyridine rings is 1. The highest BCUT2D eigenvalue weighted by Gasteiger charge is 2.27. The van der Waals surface area contributed by atoms with Gasteiger partial charge in [0, 0.05) is 30.3 Å². The van der Waals surface area contributed by atoms with Crippen LogP contribution in [0.3, 0.4) is 0 Å². The zero-order valence-corrected chi connectivity index (χ0v) is 15.2. The molecule has 24 heavy (non-hydrogen) atoms. The van der Waals surface area contributed by atoms with Crippen molar-refractivity contribution < 1.29 is 9.59 Å². The molecule has 2 amide bonds. The Bertz CT molecular complexity index is 587. The molecule has 1 aromatic rings. The number of piperidine rings is 1. The number of rotatable bonds is 4. The molecule has 2 aliphatic rings. The maximum Gasteiger partial charge on any atom is 0.272 e. The zero-order valence-electron chi connectivity index (χ0n) is 13.6. The van der Waals surface area contributed by atoms with Crippen LogP contribution < -0.4 is 10.6 Å². The van der Waals surface area contributed by atoms with E-state index in [4.69, 9.17) is 0 Å². The van der Waals surface area contributed by atoms with Gasteiger partial charge in [0.25, 0.3) is 5.91 Å². The summed E-state index contributed by atoms with van der Waals surface area (Å²) in [5.41, 5.74) is 0.470. The second kappa shape index (κ2) is 8.07. The first-order valence-corrected chi connectivity index (χ1v) is 9.34. The summed E-state index contributed by atoms with van der Waals surface area (Å²) in [5.74, 6) is 0.366. The van der Waals surface area contributed by atoms with Crippen molar-refractivity contribution in [3.63, 3.8) is 0 Å². The minimum atomic E-state index is -0.0432. The first kappa shape index (κ1) is 17.4. The first-order valence-electron chi connectivity index (χ1n) is 8.55. The normalized spacial score (nSPS) is 24.0. The molecule has 0 radical (unpaired) electrons. The number of amides is 2. The summed E-state index contributed by atoms with van der Waals surface area (Å²) < 4.78 is 0.860.